The van der Waals surface area contributed by atoms with Crippen LogP contribution in [0.15, 0.2) is 24.3 Å². The van der Waals surface area contributed by atoms with Gasteiger partial charge >= 0.3 is 0 Å². The summed E-state index contributed by atoms with van der Waals surface area (Å²) in [5.74, 6) is 0.334. The van der Waals surface area contributed by atoms with Crippen molar-refractivity contribution >= 4 is 29.2 Å². The first-order valence-corrected chi connectivity index (χ1v) is 7.58. The average Bonchev–Trinajstić information content (AvgIpc) is 2.99. The zero-order chi connectivity index (χ0) is 16.7. The number of para-hydroxylation sites is 1. The van der Waals surface area contributed by atoms with Gasteiger partial charge in [-0.3, -0.25) is 15.4 Å². The number of aryl methyl sites for hydroxylation is 1. The van der Waals surface area contributed by atoms with Gasteiger partial charge in [0.2, 0.25) is 0 Å². The third-order valence-corrected chi connectivity index (χ3v) is 3.17. The number of carbonyl (C=O) groups excluding carboxylic acids is 1. The number of hydrogen-bond acceptors (Lipinski definition) is 6. The van der Waals surface area contributed by atoms with Crippen LogP contribution in [0, 0.1) is 0 Å². The Morgan fingerprint density at radius 2 is 2.17 bits per heavy atom. The average molecular weight is 334 g/mol. The Hall–Kier alpha value is -2.55. The van der Waals surface area contributed by atoms with Crippen LogP contribution >= 0.6 is 12.2 Å². The van der Waals surface area contributed by atoms with Gasteiger partial charge in [-0.15, -0.1) is 5.10 Å². The monoisotopic (exact) mass is 334 g/mol. The van der Waals surface area contributed by atoms with E-state index in [-0.39, 0.29) is 17.0 Å². The van der Waals surface area contributed by atoms with Crippen molar-refractivity contribution in [2.24, 2.45) is 0 Å². The Kier molecular flexibility index (Phi) is 5.98. The molecule has 2 aromatic rings. The Labute approximate surface area is 139 Å². The van der Waals surface area contributed by atoms with Crippen LogP contribution in [0.3, 0.4) is 0 Å². The summed E-state index contributed by atoms with van der Waals surface area (Å²) in [7, 11) is 1.50. The van der Waals surface area contributed by atoms with Gasteiger partial charge in [-0.05, 0) is 36.0 Å². The topological polar surface area (TPSA) is 94.0 Å². The number of benzene rings is 1. The van der Waals surface area contributed by atoms with Crippen LogP contribution in [0.1, 0.15) is 30.1 Å². The molecule has 0 aliphatic rings. The third-order valence-electron chi connectivity index (χ3n) is 2.97. The molecular formula is C14H18N6O2S. The summed E-state index contributed by atoms with van der Waals surface area (Å²) < 4.78 is 5.14. The number of unbranched alkanes of at least 4 members (excludes halogenated alkanes) is 1. The molecular weight excluding hydrogens is 316 g/mol. The van der Waals surface area contributed by atoms with Gasteiger partial charge in [0.15, 0.2) is 5.11 Å². The van der Waals surface area contributed by atoms with Crippen molar-refractivity contribution in [3.8, 4) is 5.75 Å². The molecule has 0 atom stereocenters. The fourth-order valence-electron chi connectivity index (χ4n) is 1.82. The van der Waals surface area contributed by atoms with Crippen molar-refractivity contribution in [3.05, 3.63) is 29.8 Å². The number of rotatable bonds is 6. The number of aromatic nitrogens is 4. The van der Waals surface area contributed by atoms with Crippen molar-refractivity contribution in [3.63, 3.8) is 0 Å². The van der Waals surface area contributed by atoms with Gasteiger partial charge in [0, 0.05) is 0 Å². The fourth-order valence-corrected chi connectivity index (χ4v) is 2.01. The molecule has 23 heavy (non-hydrogen) atoms. The van der Waals surface area contributed by atoms with Crippen LogP contribution in [0.5, 0.6) is 5.75 Å². The summed E-state index contributed by atoms with van der Waals surface area (Å²) >= 11 is 5.09. The molecule has 8 nitrogen and oxygen atoms in total. The first-order chi connectivity index (χ1) is 11.1. The second kappa shape index (κ2) is 8.18. The minimum absolute atomic E-state index is 0.0935. The number of tetrazole rings is 1. The maximum absolute atomic E-state index is 12.2. The summed E-state index contributed by atoms with van der Waals surface area (Å²) in [5.41, 5.74) is 0.388. The number of hydrogen-bond donors (Lipinski definition) is 2. The Balaban J connectivity index is 1.94. The lowest BCUT2D eigenvalue weighted by Gasteiger charge is -2.09. The molecule has 122 valence electrons. The maximum atomic E-state index is 12.2. The molecule has 0 spiro atoms. The first-order valence-electron chi connectivity index (χ1n) is 7.17. The van der Waals surface area contributed by atoms with E-state index in [1.54, 1.807) is 24.3 Å². The lowest BCUT2D eigenvalue weighted by Crippen LogP contribution is -2.34. The molecule has 0 aliphatic heterocycles. The molecule has 1 aromatic heterocycles. The minimum atomic E-state index is -0.377. The number of amides is 1. The van der Waals surface area contributed by atoms with E-state index in [0.717, 1.165) is 12.8 Å². The van der Waals surface area contributed by atoms with Crippen LogP contribution < -0.4 is 15.4 Å². The van der Waals surface area contributed by atoms with Gasteiger partial charge in [-0.1, -0.05) is 30.6 Å². The molecule has 0 bridgehead atoms. The predicted molar refractivity (Wildman–Crippen MR) is 89.4 cm³/mol. The SMILES string of the molecule is CCCCn1nnc(NC(=S)NC(=O)c2ccccc2OC)n1. The van der Waals surface area contributed by atoms with E-state index in [0.29, 0.717) is 17.9 Å². The molecule has 0 saturated heterocycles. The number of nitrogens with zero attached hydrogens (tertiary/aromatic N) is 4. The lowest BCUT2D eigenvalue weighted by molar-refractivity contribution is 0.0975. The molecule has 2 N–H and O–H groups in total. The normalized spacial score (nSPS) is 10.2. The number of anilines is 1. The second-order valence-electron chi connectivity index (χ2n) is 4.67. The van der Waals surface area contributed by atoms with Crippen LogP contribution in [0.4, 0.5) is 5.95 Å². The highest BCUT2D eigenvalue weighted by atomic mass is 32.1. The summed E-state index contributed by atoms with van der Waals surface area (Å²) in [6.45, 7) is 2.77. The van der Waals surface area contributed by atoms with E-state index in [4.69, 9.17) is 17.0 Å². The van der Waals surface area contributed by atoms with E-state index in [2.05, 4.69) is 33.0 Å². The van der Waals surface area contributed by atoms with Crippen LogP contribution in [-0.4, -0.2) is 38.3 Å². The standard InChI is InChI=1S/C14H18N6O2S/c1-3-4-9-20-18-13(17-19-20)16-14(23)15-12(21)10-7-5-6-8-11(10)22-2/h5-8H,3-4,9H2,1-2H3,(H2,15,16,18,21,23). The smallest absolute Gasteiger partial charge is 0.269 e. The Morgan fingerprint density at radius 3 is 2.91 bits per heavy atom. The Morgan fingerprint density at radius 1 is 1.39 bits per heavy atom. The van der Waals surface area contributed by atoms with Gasteiger partial charge < -0.3 is 4.74 Å². The minimum Gasteiger partial charge on any atom is -0.496 e. The first kappa shape index (κ1) is 16.8. The van der Waals surface area contributed by atoms with Crippen molar-refractivity contribution in [1.29, 1.82) is 0 Å². The van der Waals surface area contributed by atoms with Gasteiger partial charge in [-0.2, -0.15) is 4.80 Å². The van der Waals surface area contributed by atoms with E-state index >= 15 is 0 Å². The van der Waals surface area contributed by atoms with Crippen LogP contribution in [-0.2, 0) is 6.54 Å². The van der Waals surface area contributed by atoms with Crippen molar-refractivity contribution in [1.82, 2.24) is 25.5 Å². The highest BCUT2D eigenvalue weighted by Gasteiger charge is 2.13. The molecule has 0 fully saturated rings. The Bertz CT molecular complexity index is 687. The molecule has 0 radical (unpaired) electrons. The quantitative estimate of drug-likeness (QED) is 0.775. The van der Waals surface area contributed by atoms with Gasteiger partial charge in [0.25, 0.3) is 11.9 Å². The van der Waals surface area contributed by atoms with Gasteiger partial charge in [0.1, 0.15) is 5.75 Å². The van der Waals surface area contributed by atoms with Crippen molar-refractivity contribution in [2.45, 2.75) is 26.3 Å². The van der Waals surface area contributed by atoms with E-state index in [1.807, 2.05) is 0 Å². The fraction of sp³-hybridized carbons (Fsp3) is 0.357. The molecule has 2 rings (SSSR count). The molecule has 0 saturated carbocycles. The summed E-state index contributed by atoms with van der Waals surface area (Å²) in [4.78, 5) is 13.7. The molecule has 0 unspecified atom stereocenters. The number of nitrogens with one attached hydrogen (secondary N) is 2. The summed E-state index contributed by atoms with van der Waals surface area (Å²) in [6, 6.07) is 6.88. The highest BCUT2D eigenvalue weighted by molar-refractivity contribution is 7.80. The van der Waals surface area contributed by atoms with E-state index < -0.39 is 0 Å². The zero-order valence-corrected chi connectivity index (χ0v) is 13.8. The lowest BCUT2D eigenvalue weighted by atomic mass is 10.2. The zero-order valence-electron chi connectivity index (χ0n) is 12.9. The van der Waals surface area contributed by atoms with Crippen molar-refractivity contribution in [2.75, 3.05) is 12.4 Å². The molecule has 9 heteroatoms. The third kappa shape index (κ3) is 4.71. The number of ether oxygens (including phenoxy) is 1. The second-order valence-corrected chi connectivity index (χ2v) is 5.08. The highest BCUT2D eigenvalue weighted by Crippen LogP contribution is 2.16. The summed E-state index contributed by atoms with van der Waals surface area (Å²) in [6.07, 6.45) is 2.00. The van der Waals surface area contributed by atoms with Crippen LogP contribution in [0.25, 0.3) is 0 Å². The number of thiocarbonyl (C=S) groups is 1. The molecule has 0 aliphatic carbocycles. The number of methoxy groups -OCH3 is 1. The van der Waals surface area contributed by atoms with E-state index in [1.165, 1.54) is 11.9 Å². The van der Waals surface area contributed by atoms with Crippen molar-refractivity contribution < 1.29 is 9.53 Å². The van der Waals surface area contributed by atoms with Gasteiger partial charge in [0.05, 0.1) is 19.2 Å². The number of carbonyl (C=O) groups is 1. The van der Waals surface area contributed by atoms with Crippen LogP contribution in [0.2, 0.25) is 0 Å². The molecule has 1 aromatic carbocycles. The molecule has 1 amide bonds. The summed E-state index contributed by atoms with van der Waals surface area (Å²) in [5, 5.41) is 17.2. The predicted octanol–water partition coefficient (Wildman–Crippen LogP) is 1.61. The maximum Gasteiger partial charge on any atom is 0.269 e. The largest absolute Gasteiger partial charge is 0.496 e. The van der Waals surface area contributed by atoms with E-state index in [9.17, 15) is 4.79 Å². The molecule has 1 heterocycles. The van der Waals surface area contributed by atoms with Gasteiger partial charge in [-0.25, -0.2) is 0 Å².